The van der Waals surface area contributed by atoms with Gasteiger partial charge in [-0.25, -0.2) is 30.0 Å². The second kappa shape index (κ2) is 50.1. The lowest BCUT2D eigenvalue weighted by Gasteiger charge is -2.28. The van der Waals surface area contributed by atoms with Crippen LogP contribution in [0.4, 0.5) is 34.1 Å². The van der Waals surface area contributed by atoms with Crippen LogP contribution in [0.1, 0.15) is 215 Å². The number of H-pyrrole nitrogens is 6. The van der Waals surface area contributed by atoms with Crippen molar-refractivity contribution in [2.45, 2.75) is 189 Å². The Kier molecular flexibility index (Phi) is 35.2. The molecule has 6 aliphatic rings. The van der Waals surface area contributed by atoms with Gasteiger partial charge in [-0.05, 0) is 386 Å². The van der Waals surface area contributed by atoms with Crippen molar-refractivity contribution in [1.29, 1.82) is 0 Å². The molecule has 24 nitrogen and oxygen atoms in total. The Hall–Kier alpha value is -12.9. The average molecular weight is 2100 g/mol. The third-order valence-corrected chi connectivity index (χ3v) is 36.0. The quantitative estimate of drug-likeness (QED) is 0.0198. The highest BCUT2D eigenvalue weighted by Crippen LogP contribution is 2.45. The van der Waals surface area contributed by atoms with Gasteiger partial charge in [0.1, 0.15) is 35.0 Å². The summed E-state index contributed by atoms with van der Waals surface area (Å²) in [5.41, 5.74) is 59.1. The first-order valence-corrected chi connectivity index (χ1v) is 57.9. The predicted molar refractivity (Wildman–Crippen MR) is 638 cm³/mol. The highest BCUT2D eigenvalue weighted by molar-refractivity contribution is 7.13. The Balaban J connectivity index is 0.000000112. The summed E-state index contributed by atoms with van der Waals surface area (Å²) in [7, 11) is 10.5. The fourth-order valence-electron chi connectivity index (χ4n) is 22.4. The van der Waals surface area contributed by atoms with E-state index in [0.717, 1.165) is 101 Å². The molecular formula is C119H140N24S6. The first-order valence-electron chi connectivity index (χ1n) is 52.7. The second-order valence-electron chi connectivity index (χ2n) is 40.0. The van der Waals surface area contributed by atoms with Gasteiger partial charge in [0.15, 0.2) is 0 Å². The van der Waals surface area contributed by atoms with E-state index >= 15 is 0 Å². The number of nitrogens with two attached hydrogens (primary N) is 6. The monoisotopic (exact) mass is 2100 g/mol. The minimum atomic E-state index is 0.571. The highest BCUT2D eigenvalue weighted by Gasteiger charge is 2.31. The number of hydrogen-bond acceptors (Lipinski definition) is 18. The molecule has 149 heavy (non-hydrogen) atoms. The zero-order valence-electron chi connectivity index (χ0n) is 86.0. The number of rotatable bonds is 24. The molecule has 0 bridgehead atoms. The van der Waals surface area contributed by atoms with E-state index in [-0.39, 0.29) is 0 Å². The standard InChI is InChI=1S/4C20H24N4S.C20H22N4S.C19H22N4S/c4*1-22-14-5-2-4-13(10-14)17-12-23-18-8-7-15(11-16(17)18)24-20(21)19-6-3-9-25-19;1-2-24-9-7-14(8-10-24)17-13-22-18-6-5-15(12-16(17)18)23-20(21)19-4-3-11-25-19;1-23-8-2-4-15(23)10-13-12-21-17-7-6-14(11-16(13)17)22-19(20)18-5-3-9-24-18/h4*3,6-9,11-14,22-23H,2,4-5,10H2,1H3,(H2,21,24);3-7,11-13,22H,2,8-10H2,1H3,(H2,21,23);3,5-7,9,11-12,15,21H,2,4,8,10H2,1H3,(H2,20,22)/t;;;;;15-/m.....1/s1. The van der Waals surface area contributed by atoms with Crippen LogP contribution in [0.5, 0.6) is 0 Å². The van der Waals surface area contributed by atoms with Crippen molar-refractivity contribution >= 4 is 208 Å². The molecule has 772 valence electrons. The van der Waals surface area contributed by atoms with Gasteiger partial charge in [-0.2, -0.15) is 0 Å². The fourth-order valence-corrected chi connectivity index (χ4v) is 26.1. The van der Waals surface area contributed by atoms with E-state index in [9.17, 15) is 0 Å². The van der Waals surface area contributed by atoms with E-state index in [4.69, 9.17) is 34.4 Å². The van der Waals surface area contributed by atoms with Crippen molar-refractivity contribution in [3.05, 3.63) is 320 Å². The molecular weight excluding hydrogens is 1960 g/mol. The summed E-state index contributed by atoms with van der Waals surface area (Å²) < 4.78 is 0. The van der Waals surface area contributed by atoms with Crippen molar-refractivity contribution in [1.82, 2.24) is 61.0 Å². The number of hydrogen-bond donors (Lipinski definition) is 16. The number of likely N-dealkylation sites (N-methyl/N-ethyl adjacent to an activating group) is 2. The van der Waals surface area contributed by atoms with Gasteiger partial charge < -0.3 is 90.5 Å². The van der Waals surface area contributed by atoms with E-state index in [0.29, 0.717) is 88.9 Å². The first kappa shape index (κ1) is 105. The zero-order chi connectivity index (χ0) is 103. The largest absolute Gasteiger partial charge is 0.383 e. The summed E-state index contributed by atoms with van der Waals surface area (Å²) in [6.07, 6.45) is 40.2. The number of fused-ring (bicyclic) bond motifs is 6. The second-order valence-corrected chi connectivity index (χ2v) is 45.7. The Morgan fingerprint density at radius 2 is 0.611 bits per heavy atom. The van der Waals surface area contributed by atoms with Crippen molar-refractivity contribution in [3.63, 3.8) is 0 Å². The van der Waals surface area contributed by atoms with Gasteiger partial charge in [0.2, 0.25) is 0 Å². The van der Waals surface area contributed by atoms with E-state index < -0.39 is 0 Å². The van der Waals surface area contributed by atoms with Gasteiger partial charge in [0.25, 0.3) is 0 Å². The number of thiophene rings is 6. The van der Waals surface area contributed by atoms with Gasteiger partial charge in [0.05, 0.1) is 63.4 Å². The van der Waals surface area contributed by atoms with Crippen LogP contribution in [0, 0.1) is 0 Å². The number of nitrogens with one attached hydrogen (secondary N) is 10. The molecule has 9 atom stereocenters. The molecule has 0 radical (unpaired) electrons. The Labute approximate surface area is 897 Å². The maximum Gasteiger partial charge on any atom is 0.141 e. The van der Waals surface area contributed by atoms with Gasteiger partial charge in [-0.15, -0.1) is 68.0 Å². The molecule has 6 aromatic carbocycles. The van der Waals surface area contributed by atoms with E-state index in [1.807, 2.05) is 141 Å². The van der Waals surface area contributed by atoms with E-state index in [1.165, 1.54) is 221 Å². The van der Waals surface area contributed by atoms with Crippen LogP contribution >= 0.6 is 68.0 Å². The summed E-state index contributed by atoms with van der Waals surface area (Å²) in [5, 5.41) is 33.5. The van der Waals surface area contributed by atoms with Gasteiger partial charge in [0, 0.05) is 151 Å². The Morgan fingerprint density at radius 3 is 0.879 bits per heavy atom. The van der Waals surface area contributed by atoms with Crippen LogP contribution in [-0.4, -0.2) is 166 Å². The molecule has 18 aromatic rings. The maximum absolute atomic E-state index is 6.15. The molecule has 4 aliphatic carbocycles. The maximum atomic E-state index is 6.15. The summed E-state index contributed by atoms with van der Waals surface area (Å²) in [6.45, 7) is 6.69. The van der Waals surface area contributed by atoms with E-state index in [2.05, 4.69) is 249 Å². The molecule has 8 unspecified atom stereocenters. The smallest absolute Gasteiger partial charge is 0.141 e. The molecule has 14 heterocycles. The summed E-state index contributed by atoms with van der Waals surface area (Å²) >= 11 is 9.68. The summed E-state index contributed by atoms with van der Waals surface area (Å²) in [4.78, 5) is 59.2. The molecule has 4 saturated carbocycles. The lowest BCUT2D eigenvalue weighted by molar-refractivity contribution is 0.310. The minimum Gasteiger partial charge on any atom is -0.383 e. The number of aliphatic imine (C=N–C) groups is 6. The SMILES string of the molecule is CCN1CC=C(c2c[nH]c3ccc(N=C(N)c4cccs4)cc23)CC1.CN1CCC[C@@H]1Cc1c[nH]c2ccc(N=C(N)c3cccs3)cc12.CNC1CCCC(c2c[nH]c3ccc(N=C(N)c4cccs4)cc23)C1.CNC1CCCC(c2c[nH]c3ccc(N=C(N)c4cccs4)cc23)C1.CNC1CCCC(c2c[nH]c3ccc(N=C(N)c4cccs4)cc23)C1.CNC1CCCC(c2c[nH]c3ccc(N=C(N)c4cccs4)cc23)C1. The molecule has 30 heteroatoms. The lowest BCUT2D eigenvalue weighted by Crippen LogP contribution is -2.30. The normalized spacial score (nSPS) is 20.4. The number of aromatic amines is 6. The molecule has 5 fully saturated rings. The van der Waals surface area contributed by atoms with Crippen LogP contribution in [0.15, 0.2) is 287 Å². The van der Waals surface area contributed by atoms with Crippen LogP contribution in [0.25, 0.3) is 71.0 Å². The van der Waals surface area contributed by atoms with Gasteiger partial charge >= 0.3 is 0 Å². The van der Waals surface area contributed by atoms with Crippen molar-refractivity contribution in [2.24, 2.45) is 64.4 Å². The van der Waals surface area contributed by atoms with Gasteiger partial charge in [-0.3, -0.25) is 4.90 Å². The minimum absolute atomic E-state index is 0.571. The number of nitrogens with zero attached hydrogens (tertiary/aromatic N) is 8. The number of likely N-dealkylation sites (tertiary alicyclic amines) is 1. The summed E-state index contributed by atoms with van der Waals surface area (Å²) in [5.74, 6) is 5.90. The Bertz CT molecular complexity index is 7030. The van der Waals surface area contributed by atoms with Crippen molar-refractivity contribution < 1.29 is 0 Å². The molecule has 22 N–H and O–H groups in total. The molecule has 0 spiro atoms. The molecule has 24 rings (SSSR count). The van der Waals surface area contributed by atoms with Crippen LogP contribution in [0.2, 0.25) is 0 Å². The predicted octanol–water partition coefficient (Wildman–Crippen LogP) is 26.3. The molecule has 2 aliphatic heterocycles. The number of benzene rings is 6. The molecule has 12 aromatic heterocycles. The number of amidine groups is 6. The van der Waals surface area contributed by atoms with Crippen molar-refractivity contribution in [2.75, 3.05) is 61.4 Å². The molecule has 0 amide bonds. The van der Waals surface area contributed by atoms with Crippen LogP contribution in [0.3, 0.4) is 0 Å². The zero-order valence-corrected chi connectivity index (χ0v) is 90.9. The average Bonchev–Trinajstić information content (AvgIpc) is 1.67. The first-order chi connectivity index (χ1) is 72.9. The fraction of sp³-hybridized carbons (Fsp3) is 0.328. The van der Waals surface area contributed by atoms with Crippen LogP contribution in [-0.2, 0) is 6.42 Å². The third-order valence-electron chi connectivity index (χ3n) is 30.6. The van der Waals surface area contributed by atoms with E-state index in [1.54, 1.807) is 68.0 Å². The third kappa shape index (κ3) is 26.0. The van der Waals surface area contributed by atoms with Crippen molar-refractivity contribution in [3.8, 4) is 0 Å². The molecule has 1 saturated heterocycles. The number of aromatic nitrogens is 6. The van der Waals surface area contributed by atoms with Crippen LogP contribution < -0.4 is 55.7 Å². The Morgan fingerprint density at radius 1 is 0.329 bits per heavy atom. The lowest BCUT2D eigenvalue weighted by atomic mass is 9.81. The topological polar surface area (TPSA) is 380 Å². The highest BCUT2D eigenvalue weighted by atomic mass is 32.1. The summed E-state index contributed by atoms with van der Waals surface area (Å²) in [6, 6.07) is 64.9. The van der Waals surface area contributed by atoms with Gasteiger partial charge in [-0.1, -0.05) is 75.1 Å².